The van der Waals surface area contributed by atoms with Crippen LogP contribution in [0.4, 0.5) is 0 Å². The van der Waals surface area contributed by atoms with Crippen molar-refractivity contribution in [2.24, 2.45) is 0 Å². The van der Waals surface area contributed by atoms with Crippen molar-refractivity contribution in [2.45, 2.75) is 0 Å². The monoisotopic (exact) mass is 169 g/mol. The molecule has 0 aliphatic carbocycles. The second-order valence-electron chi connectivity index (χ2n) is 1.79. The molecule has 0 unspecified atom stereocenters. The van der Waals surface area contributed by atoms with Gasteiger partial charge >= 0.3 is 0 Å². The third-order valence-electron chi connectivity index (χ3n) is 1.16. The average Bonchev–Trinajstić information content (AvgIpc) is 2.36. The summed E-state index contributed by atoms with van der Waals surface area (Å²) in [5.74, 6) is 0. The Kier molecular flexibility index (Phi) is 1.32. The zero-order valence-corrected chi connectivity index (χ0v) is 6.41. The summed E-state index contributed by atoms with van der Waals surface area (Å²) in [6, 6.07) is 6.34. The van der Waals surface area contributed by atoms with Crippen LogP contribution in [0, 0.1) is 6.07 Å². The van der Waals surface area contributed by atoms with E-state index >= 15 is 0 Å². The number of benzene rings is 1. The second kappa shape index (κ2) is 2.18. The number of hydrogen-bond donors (Lipinski definition) is 0. The fraction of sp³-hybridized carbons (Fsp3) is 0. The Hall–Kier alpha value is -0.670. The summed E-state index contributed by atoms with van der Waals surface area (Å²) >= 11 is 7.10. The molecule has 0 bridgehead atoms. The van der Waals surface area contributed by atoms with Gasteiger partial charge in [0.25, 0.3) is 0 Å². The minimum atomic E-state index is 0.674. The van der Waals surface area contributed by atoms with Crippen molar-refractivity contribution in [3.05, 3.63) is 23.2 Å². The molecule has 2 nitrogen and oxygen atoms in total. The molecule has 1 aromatic carbocycles. The Morgan fingerprint density at radius 3 is 3.20 bits per heavy atom. The van der Waals surface area contributed by atoms with Crippen LogP contribution >= 0.6 is 23.1 Å². The Morgan fingerprint density at radius 2 is 2.40 bits per heavy atom. The van der Waals surface area contributed by atoms with Gasteiger partial charge in [-0.15, -0.1) is 5.10 Å². The van der Waals surface area contributed by atoms with Gasteiger partial charge in [0, 0.05) is 0 Å². The molecule has 10 heavy (non-hydrogen) atoms. The molecule has 1 radical (unpaired) electrons. The summed E-state index contributed by atoms with van der Waals surface area (Å²) in [6.45, 7) is 0. The van der Waals surface area contributed by atoms with E-state index in [-0.39, 0.29) is 0 Å². The number of rotatable bonds is 0. The van der Waals surface area contributed by atoms with Crippen LogP contribution in [0.25, 0.3) is 10.2 Å². The zero-order chi connectivity index (χ0) is 6.97. The van der Waals surface area contributed by atoms with E-state index in [0.29, 0.717) is 5.02 Å². The first kappa shape index (κ1) is 6.07. The maximum Gasteiger partial charge on any atom is 0.108 e. The van der Waals surface area contributed by atoms with E-state index in [9.17, 15) is 0 Å². The highest BCUT2D eigenvalue weighted by Crippen LogP contribution is 2.23. The number of nitrogens with zero attached hydrogens (tertiary/aromatic N) is 2. The van der Waals surface area contributed by atoms with Crippen LogP contribution in [0.2, 0.25) is 5.02 Å². The molecule has 1 aromatic heterocycles. The number of fused-ring (bicyclic) bond motifs is 1. The molecule has 0 aliphatic rings. The number of halogens is 1. The fourth-order valence-corrected chi connectivity index (χ4v) is 1.53. The van der Waals surface area contributed by atoms with Gasteiger partial charge in [0.05, 0.1) is 9.72 Å². The van der Waals surface area contributed by atoms with Crippen molar-refractivity contribution >= 4 is 33.4 Å². The van der Waals surface area contributed by atoms with E-state index in [1.807, 2.05) is 0 Å². The molecule has 0 aliphatic heterocycles. The van der Waals surface area contributed by atoms with Crippen LogP contribution in [0.5, 0.6) is 0 Å². The molecular weight excluding hydrogens is 168 g/mol. The van der Waals surface area contributed by atoms with Crippen molar-refractivity contribution in [1.82, 2.24) is 9.59 Å². The van der Waals surface area contributed by atoms with Crippen LogP contribution in [-0.2, 0) is 0 Å². The van der Waals surface area contributed by atoms with Gasteiger partial charge in [0.1, 0.15) is 5.52 Å². The first-order valence-electron chi connectivity index (χ1n) is 2.65. The molecule has 0 N–H and O–H groups in total. The molecule has 0 fully saturated rings. The van der Waals surface area contributed by atoms with Gasteiger partial charge in [0.15, 0.2) is 0 Å². The molecule has 2 rings (SSSR count). The maximum atomic E-state index is 5.80. The van der Waals surface area contributed by atoms with E-state index < -0.39 is 0 Å². The first-order chi connectivity index (χ1) is 4.88. The summed E-state index contributed by atoms with van der Waals surface area (Å²) in [4.78, 5) is 0. The second-order valence-corrected chi connectivity index (χ2v) is 2.95. The van der Waals surface area contributed by atoms with Crippen molar-refractivity contribution in [1.29, 1.82) is 0 Å². The molecule has 0 atom stereocenters. The van der Waals surface area contributed by atoms with Crippen molar-refractivity contribution in [3.8, 4) is 0 Å². The normalized spacial score (nSPS) is 10.5. The van der Waals surface area contributed by atoms with Gasteiger partial charge in [-0.25, -0.2) is 0 Å². The Labute approximate surface area is 66.6 Å². The van der Waals surface area contributed by atoms with E-state index in [4.69, 9.17) is 11.6 Å². The Morgan fingerprint density at radius 1 is 1.50 bits per heavy atom. The van der Waals surface area contributed by atoms with E-state index in [2.05, 4.69) is 15.7 Å². The fourth-order valence-electron chi connectivity index (χ4n) is 0.717. The SMILES string of the molecule is Clc1c[c]cc2nnsc12. The third-order valence-corrected chi connectivity index (χ3v) is 2.35. The molecule has 0 spiro atoms. The highest BCUT2D eigenvalue weighted by Gasteiger charge is 2.00. The highest BCUT2D eigenvalue weighted by molar-refractivity contribution is 7.13. The molecule has 0 saturated heterocycles. The minimum absolute atomic E-state index is 0.674. The largest absolute Gasteiger partial charge is 0.138 e. The topological polar surface area (TPSA) is 25.8 Å². The van der Waals surface area contributed by atoms with Gasteiger partial charge < -0.3 is 0 Å². The van der Waals surface area contributed by atoms with Crippen LogP contribution in [-0.4, -0.2) is 9.59 Å². The van der Waals surface area contributed by atoms with Crippen LogP contribution in [0.1, 0.15) is 0 Å². The Bertz CT molecular complexity index is 357. The van der Waals surface area contributed by atoms with E-state index in [1.165, 1.54) is 11.5 Å². The van der Waals surface area contributed by atoms with Gasteiger partial charge in [-0.3, -0.25) is 0 Å². The van der Waals surface area contributed by atoms with Crippen LogP contribution < -0.4 is 0 Å². The summed E-state index contributed by atoms with van der Waals surface area (Å²) in [5.41, 5.74) is 0.817. The molecule has 4 heteroatoms. The summed E-state index contributed by atoms with van der Waals surface area (Å²) in [5, 5.41) is 4.51. The number of hydrogen-bond acceptors (Lipinski definition) is 3. The lowest BCUT2D eigenvalue weighted by atomic mass is 10.3. The standard InChI is InChI=1S/C6H2ClN2S/c7-4-2-1-3-5-6(4)10-9-8-5/h2-3H. The summed E-state index contributed by atoms with van der Waals surface area (Å²) in [6.07, 6.45) is 0. The lowest BCUT2D eigenvalue weighted by molar-refractivity contribution is 1.20. The van der Waals surface area contributed by atoms with Crippen molar-refractivity contribution in [3.63, 3.8) is 0 Å². The molecule has 1 heterocycles. The molecule has 2 aromatic rings. The van der Waals surface area contributed by atoms with Crippen molar-refractivity contribution in [2.75, 3.05) is 0 Å². The van der Waals surface area contributed by atoms with Gasteiger partial charge in [0.2, 0.25) is 0 Å². The lowest BCUT2D eigenvalue weighted by Gasteiger charge is -1.85. The minimum Gasteiger partial charge on any atom is -0.138 e. The lowest BCUT2D eigenvalue weighted by Crippen LogP contribution is -1.67. The van der Waals surface area contributed by atoms with Gasteiger partial charge in [-0.05, 0) is 29.7 Å². The predicted octanol–water partition coefficient (Wildman–Crippen LogP) is 2.14. The number of aromatic nitrogens is 2. The van der Waals surface area contributed by atoms with Crippen LogP contribution in [0.15, 0.2) is 12.1 Å². The molecule has 49 valence electrons. The van der Waals surface area contributed by atoms with Gasteiger partial charge in [-0.1, -0.05) is 16.1 Å². The predicted molar refractivity (Wildman–Crippen MR) is 41.3 cm³/mol. The van der Waals surface area contributed by atoms with E-state index in [0.717, 1.165) is 10.2 Å². The van der Waals surface area contributed by atoms with Crippen LogP contribution in [0.3, 0.4) is 0 Å². The van der Waals surface area contributed by atoms with Crippen molar-refractivity contribution < 1.29 is 0 Å². The highest BCUT2D eigenvalue weighted by atomic mass is 35.5. The zero-order valence-electron chi connectivity index (χ0n) is 4.84. The summed E-state index contributed by atoms with van der Waals surface area (Å²) < 4.78 is 4.68. The van der Waals surface area contributed by atoms with E-state index in [1.54, 1.807) is 12.1 Å². The molecule has 0 saturated carbocycles. The third kappa shape index (κ3) is 0.786. The Balaban J connectivity index is 2.95. The first-order valence-corrected chi connectivity index (χ1v) is 3.81. The average molecular weight is 170 g/mol. The smallest absolute Gasteiger partial charge is 0.108 e. The summed E-state index contributed by atoms with van der Waals surface area (Å²) in [7, 11) is 0. The molecule has 0 amide bonds. The maximum absolute atomic E-state index is 5.80. The quantitative estimate of drug-likeness (QED) is 0.604. The molecular formula is C6H2ClN2S. The van der Waals surface area contributed by atoms with Gasteiger partial charge in [-0.2, -0.15) is 0 Å².